The molecule has 0 radical (unpaired) electrons. The van der Waals surface area contributed by atoms with Crippen LogP contribution < -0.4 is 5.32 Å². The van der Waals surface area contributed by atoms with E-state index in [9.17, 15) is 13.6 Å². The van der Waals surface area contributed by atoms with E-state index in [1.807, 2.05) is 6.07 Å². The van der Waals surface area contributed by atoms with Crippen LogP contribution in [0.3, 0.4) is 0 Å². The molecule has 16 heavy (non-hydrogen) atoms. The molecule has 0 saturated carbocycles. The third-order valence-electron chi connectivity index (χ3n) is 1.98. The Morgan fingerprint density at radius 2 is 2.12 bits per heavy atom. The van der Waals surface area contributed by atoms with Crippen molar-refractivity contribution < 1.29 is 35.3 Å². The average Bonchev–Trinajstić information content (AvgIpc) is 2.21. The third-order valence-corrected chi connectivity index (χ3v) is 1.98. The summed E-state index contributed by atoms with van der Waals surface area (Å²) in [5.41, 5.74) is 0.354. The molecule has 0 aliphatic heterocycles. The summed E-state index contributed by atoms with van der Waals surface area (Å²) in [5, 5.41) is 2.61. The molecule has 1 aromatic carbocycles. The maximum atomic E-state index is 13.0. The van der Waals surface area contributed by atoms with Crippen LogP contribution in [0.1, 0.15) is 18.9 Å². The largest absolute Gasteiger partial charge is 0.357 e. The van der Waals surface area contributed by atoms with E-state index in [2.05, 4.69) is 5.32 Å². The van der Waals surface area contributed by atoms with Crippen molar-refractivity contribution in [2.24, 2.45) is 0 Å². The molecule has 0 aromatic heterocycles. The molecule has 1 rings (SSSR count). The molecule has 2 nitrogen and oxygen atoms in total. The zero-order valence-corrected chi connectivity index (χ0v) is 10.5. The van der Waals surface area contributed by atoms with E-state index < -0.39 is 11.6 Å². The van der Waals surface area contributed by atoms with E-state index in [0.717, 1.165) is 6.07 Å². The quantitative estimate of drug-likeness (QED) is 0.649. The van der Waals surface area contributed by atoms with Gasteiger partial charge in [-0.3, -0.25) is 4.79 Å². The van der Waals surface area contributed by atoms with Crippen LogP contribution in [-0.4, -0.2) is 12.5 Å². The standard InChI is InChI=1S/C11H12F2NO.Ti/c1-2-11(15)14-6-5-8-3-4-9(12)7-10(8)13;/h3-4H,2,5-6H2,1H3,(H,14,15);/q-1;. The molecule has 0 bridgehead atoms. The Morgan fingerprint density at radius 3 is 2.69 bits per heavy atom. The second-order valence-electron chi connectivity index (χ2n) is 3.10. The van der Waals surface area contributed by atoms with Crippen molar-refractivity contribution in [1.82, 2.24) is 5.32 Å². The zero-order valence-electron chi connectivity index (χ0n) is 8.94. The molecular weight excluding hydrogens is 248 g/mol. The Balaban J connectivity index is 0.00000225. The number of carbonyl (C=O) groups excluding carboxylic acids is 1. The molecule has 1 amide bonds. The molecule has 0 heterocycles. The van der Waals surface area contributed by atoms with Crippen LogP contribution in [0.25, 0.3) is 0 Å². The first-order valence-electron chi connectivity index (χ1n) is 4.76. The maximum Gasteiger partial charge on any atom is 0.219 e. The smallest absolute Gasteiger partial charge is 0.219 e. The summed E-state index contributed by atoms with van der Waals surface area (Å²) in [4.78, 5) is 10.9. The summed E-state index contributed by atoms with van der Waals surface area (Å²) in [6.07, 6.45) is 0.742. The van der Waals surface area contributed by atoms with E-state index in [0.29, 0.717) is 24.9 Å². The number of amides is 1. The number of hydrogen-bond acceptors (Lipinski definition) is 1. The topological polar surface area (TPSA) is 29.1 Å². The van der Waals surface area contributed by atoms with E-state index in [-0.39, 0.29) is 27.6 Å². The van der Waals surface area contributed by atoms with E-state index in [1.54, 1.807) is 6.92 Å². The summed E-state index contributed by atoms with van der Waals surface area (Å²) in [5.74, 6) is -1.49. The SMILES string of the molecule is CCC(=O)NCCc1ccc(F)[c-]c1F.[Ti]. The van der Waals surface area contributed by atoms with Crippen molar-refractivity contribution in [2.45, 2.75) is 19.8 Å². The molecule has 1 aromatic rings. The first kappa shape index (κ1) is 15.3. The van der Waals surface area contributed by atoms with Gasteiger partial charge < -0.3 is 5.32 Å². The molecule has 0 fully saturated rings. The van der Waals surface area contributed by atoms with Gasteiger partial charge in [-0.1, -0.05) is 13.3 Å². The fourth-order valence-corrected chi connectivity index (χ4v) is 1.13. The van der Waals surface area contributed by atoms with E-state index in [4.69, 9.17) is 0 Å². The molecule has 0 unspecified atom stereocenters. The molecule has 0 atom stereocenters. The molecule has 86 valence electrons. The zero-order chi connectivity index (χ0) is 11.3. The van der Waals surface area contributed by atoms with Gasteiger partial charge in [0.15, 0.2) is 0 Å². The molecule has 0 spiro atoms. The number of rotatable bonds is 4. The Bertz CT molecular complexity index is 358. The monoisotopic (exact) mass is 260 g/mol. The molecule has 0 aliphatic carbocycles. The fourth-order valence-electron chi connectivity index (χ4n) is 1.13. The normalized spacial score (nSPS) is 9.44. The second kappa shape index (κ2) is 7.52. The van der Waals surface area contributed by atoms with Crippen molar-refractivity contribution in [1.29, 1.82) is 0 Å². The number of nitrogens with one attached hydrogen (secondary N) is 1. The van der Waals surface area contributed by atoms with Crippen LogP contribution in [0, 0.1) is 17.7 Å². The first-order valence-corrected chi connectivity index (χ1v) is 4.76. The Hall–Kier alpha value is -0.736. The van der Waals surface area contributed by atoms with Crippen molar-refractivity contribution in [3.05, 3.63) is 35.4 Å². The van der Waals surface area contributed by atoms with Gasteiger partial charge in [-0.05, 0) is 0 Å². The number of carbonyl (C=O) groups is 1. The molecule has 5 heteroatoms. The van der Waals surface area contributed by atoms with Crippen molar-refractivity contribution in [3.63, 3.8) is 0 Å². The third kappa shape index (κ3) is 4.86. The average molecular weight is 260 g/mol. The van der Waals surface area contributed by atoms with Crippen LogP contribution in [-0.2, 0) is 32.9 Å². The van der Waals surface area contributed by atoms with Gasteiger partial charge in [0.05, 0.1) is 0 Å². The van der Waals surface area contributed by atoms with Gasteiger partial charge in [0.2, 0.25) is 5.91 Å². The first-order chi connectivity index (χ1) is 7.13. The Morgan fingerprint density at radius 1 is 1.44 bits per heavy atom. The minimum Gasteiger partial charge on any atom is -0.357 e. The molecule has 1 N–H and O–H groups in total. The van der Waals surface area contributed by atoms with Gasteiger partial charge in [0.25, 0.3) is 0 Å². The molecule has 0 aliphatic rings. The Kier molecular flexibility index (Phi) is 7.18. The van der Waals surface area contributed by atoms with Gasteiger partial charge in [-0.2, -0.15) is 6.07 Å². The van der Waals surface area contributed by atoms with E-state index in [1.165, 1.54) is 6.07 Å². The predicted molar refractivity (Wildman–Crippen MR) is 52.2 cm³/mol. The number of benzene rings is 1. The van der Waals surface area contributed by atoms with Crippen molar-refractivity contribution in [3.8, 4) is 0 Å². The Labute approximate surface area is 108 Å². The van der Waals surface area contributed by atoms with Gasteiger partial charge in [-0.15, -0.1) is 17.7 Å². The van der Waals surface area contributed by atoms with Crippen LogP contribution in [0.4, 0.5) is 8.78 Å². The van der Waals surface area contributed by atoms with Crippen LogP contribution in [0.15, 0.2) is 12.1 Å². The molecule has 0 saturated heterocycles. The summed E-state index contributed by atoms with van der Waals surface area (Å²) in [7, 11) is 0. The minimum absolute atomic E-state index is 0. The molecular formula is C11H12F2NOTi-. The van der Waals surface area contributed by atoms with E-state index >= 15 is 0 Å². The van der Waals surface area contributed by atoms with Gasteiger partial charge in [0, 0.05) is 46.3 Å². The minimum atomic E-state index is -0.714. The van der Waals surface area contributed by atoms with Crippen molar-refractivity contribution in [2.75, 3.05) is 6.54 Å². The number of hydrogen-bond donors (Lipinski definition) is 1. The van der Waals surface area contributed by atoms with Crippen LogP contribution in [0.5, 0.6) is 0 Å². The maximum absolute atomic E-state index is 13.0. The summed E-state index contributed by atoms with van der Waals surface area (Å²) in [6, 6.07) is 4.46. The second-order valence-corrected chi connectivity index (χ2v) is 3.10. The summed E-state index contributed by atoms with van der Waals surface area (Å²) in [6.45, 7) is 2.09. The summed E-state index contributed by atoms with van der Waals surface area (Å²) >= 11 is 0. The summed E-state index contributed by atoms with van der Waals surface area (Å²) < 4.78 is 25.5. The fraction of sp³-hybridized carbons (Fsp3) is 0.364. The number of halogens is 2. The van der Waals surface area contributed by atoms with Gasteiger partial charge >= 0.3 is 0 Å². The van der Waals surface area contributed by atoms with Gasteiger partial charge in [0.1, 0.15) is 0 Å². The predicted octanol–water partition coefficient (Wildman–Crippen LogP) is 1.83. The van der Waals surface area contributed by atoms with Crippen LogP contribution >= 0.6 is 0 Å². The van der Waals surface area contributed by atoms with Crippen molar-refractivity contribution >= 4 is 5.91 Å². The van der Waals surface area contributed by atoms with Crippen LogP contribution in [0.2, 0.25) is 0 Å². The van der Waals surface area contributed by atoms with Gasteiger partial charge in [-0.25, -0.2) is 8.78 Å².